The van der Waals surface area contributed by atoms with Crippen LogP contribution in [-0.2, 0) is 0 Å². The predicted molar refractivity (Wildman–Crippen MR) is 44.0 cm³/mol. The smallest absolute Gasteiger partial charge is 0.214 e. The molecule has 2 aromatic heterocycles. The fourth-order valence-corrected chi connectivity index (χ4v) is 1.23. The minimum atomic E-state index is 0.195. The van der Waals surface area contributed by atoms with Gasteiger partial charge in [0.05, 0.1) is 0 Å². The number of furan rings is 1. The highest BCUT2D eigenvalue weighted by Gasteiger charge is 2.09. The van der Waals surface area contributed by atoms with Crippen molar-refractivity contribution < 1.29 is 4.42 Å². The summed E-state index contributed by atoms with van der Waals surface area (Å²) in [7, 11) is 0. The molecule has 2 heterocycles. The molecule has 0 unspecified atom stereocenters. The molecule has 0 spiro atoms. The van der Waals surface area contributed by atoms with Crippen LogP contribution in [-0.4, -0.2) is 4.98 Å². The lowest BCUT2D eigenvalue weighted by Gasteiger charge is -1.82. The lowest BCUT2D eigenvalue weighted by atomic mass is 10.4. The van der Waals surface area contributed by atoms with E-state index < -0.39 is 0 Å². The quantitative estimate of drug-likeness (QED) is 0.634. The minimum Gasteiger partial charge on any atom is -0.441 e. The zero-order valence-corrected chi connectivity index (χ0v) is 6.86. The van der Waals surface area contributed by atoms with Gasteiger partial charge in [0.15, 0.2) is 5.58 Å². The van der Waals surface area contributed by atoms with Gasteiger partial charge < -0.3 is 4.42 Å². The lowest BCUT2D eigenvalue weighted by molar-refractivity contribution is 0.617. The van der Waals surface area contributed by atoms with Crippen LogP contribution >= 0.6 is 23.2 Å². The van der Waals surface area contributed by atoms with E-state index in [-0.39, 0.29) is 5.22 Å². The zero-order chi connectivity index (χ0) is 7.84. The molecular weight excluding hydrogens is 185 g/mol. The maximum Gasteiger partial charge on any atom is 0.214 e. The van der Waals surface area contributed by atoms with Crippen molar-refractivity contribution in [3.8, 4) is 0 Å². The van der Waals surface area contributed by atoms with Gasteiger partial charge >= 0.3 is 0 Å². The van der Waals surface area contributed by atoms with Crippen LogP contribution < -0.4 is 0 Å². The fraction of sp³-hybridized carbons (Fsp3) is 0. The van der Waals surface area contributed by atoms with Crippen LogP contribution in [0.4, 0.5) is 0 Å². The second-order valence-corrected chi connectivity index (χ2v) is 2.76. The Labute approximate surface area is 72.7 Å². The number of halogens is 2. The molecule has 4 heteroatoms. The Morgan fingerprint density at radius 2 is 2.18 bits per heavy atom. The van der Waals surface area contributed by atoms with Crippen molar-refractivity contribution in [3.63, 3.8) is 0 Å². The monoisotopic (exact) mass is 187 g/mol. The summed E-state index contributed by atoms with van der Waals surface area (Å²) in [4.78, 5) is 3.99. The van der Waals surface area contributed by atoms with Gasteiger partial charge in [-0.3, -0.25) is 4.98 Å². The van der Waals surface area contributed by atoms with E-state index in [1.54, 1.807) is 18.3 Å². The summed E-state index contributed by atoms with van der Waals surface area (Å²) in [5.74, 6) is 0. The van der Waals surface area contributed by atoms with Crippen LogP contribution in [0, 0.1) is 0 Å². The van der Waals surface area contributed by atoms with Crippen molar-refractivity contribution in [1.82, 2.24) is 4.98 Å². The first-order valence-electron chi connectivity index (χ1n) is 2.97. The van der Waals surface area contributed by atoms with E-state index in [1.165, 1.54) is 0 Å². The molecule has 2 nitrogen and oxygen atoms in total. The van der Waals surface area contributed by atoms with E-state index in [9.17, 15) is 0 Å². The molecule has 0 aliphatic heterocycles. The van der Waals surface area contributed by atoms with E-state index in [4.69, 9.17) is 27.6 Å². The van der Waals surface area contributed by atoms with Crippen LogP contribution in [0.5, 0.6) is 0 Å². The number of fused-ring (bicyclic) bond motifs is 1. The average molecular weight is 188 g/mol. The third-order valence-electron chi connectivity index (χ3n) is 1.35. The van der Waals surface area contributed by atoms with E-state index >= 15 is 0 Å². The van der Waals surface area contributed by atoms with Crippen molar-refractivity contribution in [3.05, 3.63) is 28.6 Å². The Balaban J connectivity index is 2.92. The van der Waals surface area contributed by atoms with Crippen LogP contribution in [0.3, 0.4) is 0 Å². The largest absolute Gasteiger partial charge is 0.441 e. The first kappa shape index (κ1) is 6.95. The third kappa shape index (κ3) is 0.988. The fourth-order valence-electron chi connectivity index (χ4n) is 0.872. The van der Waals surface area contributed by atoms with Gasteiger partial charge in [0.2, 0.25) is 5.22 Å². The highest BCUT2D eigenvalue weighted by Crippen LogP contribution is 2.31. The number of rotatable bonds is 0. The predicted octanol–water partition coefficient (Wildman–Crippen LogP) is 3.13. The molecule has 0 aromatic carbocycles. The topological polar surface area (TPSA) is 26.0 Å². The lowest BCUT2D eigenvalue weighted by Crippen LogP contribution is -1.69. The molecule has 0 aliphatic rings. The number of nitrogens with zero attached hydrogens (tertiary/aromatic N) is 1. The Kier molecular flexibility index (Phi) is 1.51. The summed E-state index contributed by atoms with van der Waals surface area (Å²) in [6.45, 7) is 0. The Hall–Kier alpha value is -0.730. The molecule has 56 valence electrons. The van der Waals surface area contributed by atoms with Crippen molar-refractivity contribution in [2.45, 2.75) is 0 Å². The third-order valence-corrected chi connectivity index (χ3v) is 2.06. The van der Waals surface area contributed by atoms with Crippen molar-refractivity contribution in [2.24, 2.45) is 0 Å². The molecule has 2 aromatic rings. The maximum atomic E-state index is 5.75. The first-order valence-corrected chi connectivity index (χ1v) is 3.73. The molecule has 0 saturated carbocycles. The molecule has 0 aliphatic carbocycles. The van der Waals surface area contributed by atoms with Crippen LogP contribution in [0.1, 0.15) is 0 Å². The van der Waals surface area contributed by atoms with Gasteiger partial charge in [-0.2, -0.15) is 0 Å². The van der Waals surface area contributed by atoms with E-state index in [2.05, 4.69) is 4.98 Å². The Bertz CT molecular complexity index is 396. The zero-order valence-electron chi connectivity index (χ0n) is 5.34. The van der Waals surface area contributed by atoms with Crippen molar-refractivity contribution in [2.75, 3.05) is 0 Å². The van der Waals surface area contributed by atoms with Crippen LogP contribution in [0.25, 0.3) is 11.1 Å². The second kappa shape index (κ2) is 2.40. The Morgan fingerprint density at radius 1 is 1.36 bits per heavy atom. The number of pyridine rings is 1. The molecule has 2 rings (SSSR count). The molecule has 11 heavy (non-hydrogen) atoms. The summed E-state index contributed by atoms with van der Waals surface area (Å²) in [6.07, 6.45) is 1.64. The highest BCUT2D eigenvalue weighted by atomic mass is 35.5. The molecule has 0 radical (unpaired) electrons. The summed E-state index contributed by atoms with van der Waals surface area (Å²) in [5, 5.41) is 0.572. The summed E-state index contributed by atoms with van der Waals surface area (Å²) < 4.78 is 5.07. The number of aromatic nitrogens is 1. The van der Waals surface area contributed by atoms with Gasteiger partial charge in [0, 0.05) is 6.20 Å². The molecule has 0 atom stereocenters. The molecule has 0 N–H and O–H groups in total. The number of hydrogen-bond donors (Lipinski definition) is 0. The second-order valence-electron chi connectivity index (χ2n) is 2.04. The van der Waals surface area contributed by atoms with Crippen LogP contribution in [0.2, 0.25) is 10.2 Å². The van der Waals surface area contributed by atoms with Gasteiger partial charge in [-0.1, -0.05) is 11.6 Å². The molecular formula is C7H3Cl2NO. The first-order chi connectivity index (χ1) is 5.29. The molecule has 0 saturated heterocycles. The molecule has 0 fully saturated rings. The highest BCUT2D eigenvalue weighted by molar-refractivity contribution is 6.44. The van der Waals surface area contributed by atoms with E-state index in [0.29, 0.717) is 16.1 Å². The van der Waals surface area contributed by atoms with Gasteiger partial charge in [0.1, 0.15) is 10.5 Å². The Morgan fingerprint density at radius 3 is 2.91 bits per heavy atom. The molecule has 0 bridgehead atoms. The summed E-state index contributed by atoms with van der Waals surface area (Å²) >= 11 is 11.4. The van der Waals surface area contributed by atoms with E-state index in [0.717, 1.165) is 0 Å². The van der Waals surface area contributed by atoms with Gasteiger partial charge in [-0.15, -0.1) is 0 Å². The molecule has 0 amide bonds. The van der Waals surface area contributed by atoms with Crippen LogP contribution in [0.15, 0.2) is 22.7 Å². The van der Waals surface area contributed by atoms with Gasteiger partial charge in [0.25, 0.3) is 0 Å². The maximum absolute atomic E-state index is 5.75. The van der Waals surface area contributed by atoms with Gasteiger partial charge in [-0.05, 0) is 23.7 Å². The number of hydrogen-bond acceptors (Lipinski definition) is 2. The van der Waals surface area contributed by atoms with Gasteiger partial charge in [-0.25, -0.2) is 0 Å². The summed E-state index contributed by atoms with van der Waals surface area (Å²) in [6, 6.07) is 3.53. The van der Waals surface area contributed by atoms with Crippen molar-refractivity contribution >= 4 is 34.3 Å². The van der Waals surface area contributed by atoms with Crippen molar-refractivity contribution in [1.29, 1.82) is 0 Å². The normalized spacial score (nSPS) is 10.7. The minimum absolute atomic E-state index is 0.195. The van der Waals surface area contributed by atoms with E-state index in [1.807, 2.05) is 0 Å². The SMILES string of the molecule is Clc1oc2cccnc2c1Cl. The summed E-state index contributed by atoms with van der Waals surface area (Å²) in [5.41, 5.74) is 1.22. The standard InChI is InChI=1S/C7H3Cl2NO/c8-5-6-4(11-7(5)9)2-1-3-10-6/h1-3H. The average Bonchev–Trinajstić information content (AvgIpc) is 2.30.